The van der Waals surface area contributed by atoms with Gasteiger partial charge < -0.3 is 14.3 Å². The number of likely N-dealkylation sites (tertiary alicyclic amines) is 1. The number of rotatable bonds is 6. The van der Waals surface area contributed by atoms with Crippen molar-refractivity contribution in [1.82, 2.24) is 4.90 Å². The molecule has 1 aliphatic heterocycles. The fourth-order valence-corrected chi connectivity index (χ4v) is 4.00. The monoisotopic (exact) mass is 335 g/mol. The minimum absolute atomic E-state index is 0.258. The lowest BCUT2D eigenvalue weighted by Gasteiger charge is -2.22. The van der Waals surface area contributed by atoms with E-state index in [9.17, 15) is 4.79 Å². The van der Waals surface area contributed by atoms with Gasteiger partial charge in [0, 0.05) is 18.5 Å². The maximum absolute atomic E-state index is 11.1. The van der Waals surface area contributed by atoms with Crippen LogP contribution < -0.4 is 0 Å². The highest BCUT2D eigenvalue weighted by Gasteiger charge is 2.29. The molecule has 124 valence electrons. The van der Waals surface area contributed by atoms with Crippen LogP contribution in [0.1, 0.15) is 50.5 Å². The Bertz CT molecular complexity index is 691. The van der Waals surface area contributed by atoms with Crippen molar-refractivity contribution in [2.75, 3.05) is 13.7 Å². The highest BCUT2D eigenvalue weighted by atomic mass is 32.1. The quantitative estimate of drug-likeness (QED) is 0.869. The summed E-state index contributed by atoms with van der Waals surface area (Å²) >= 11 is 1.35. The first-order valence-electron chi connectivity index (χ1n) is 7.72. The number of carbonyl (C=O) groups is 1. The van der Waals surface area contributed by atoms with Gasteiger partial charge in [-0.1, -0.05) is 0 Å². The number of carboxylic acid groups (broad SMARTS) is 1. The number of aryl methyl sites for hydroxylation is 1. The Labute approximate surface area is 139 Å². The Balaban J connectivity index is 1.75. The fraction of sp³-hybridized carbons (Fsp3) is 0.471. The molecular weight excluding hydrogens is 314 g/mol. The van der Waals surface area contributed by atoms with Gasteiger partial charge in [0.25, 0.3) is 0 Å². The number of hydrogen-bond donors (Lipinski definition) is 1. The van der Waals surface area contributed by atoms with E-state index in [1.807, 2.05) is 19.1 Å². The number of nitrogens with zero attached hydrogens (tertiary/aromatic N) is 1. The summed E-state index contributed by atoms with van der Waals surface area (Å²) in [5.41, 5.74) is 1.10. The smallest absolute Gasteiger partial charge is 0.345 e. The van der Waals surface area contributed by atoms with Crippen molar-refractivity contribution >= 4 is 17.3 Å². The topological polar surface area (TPSA) is 62.9 Å². The first-order valence-corrected chi connectivity index (χ1v) is 8.54. The number of aromatic carboxylic acids is 1. The Hall–Kier alpha value is -1.63. The number of ether oxygens (including phenoxy) is 1. The highest BCUT2D eigenvalue weighted by Crippen LogP contribution is 2.35. The Kier molecular flexibility index (Phi) is 4.84. The Morgan fingerprint density at radius 3 is 3.04 bits per heavy atom. The van der Waals surface area contributed by atoms with Crippen molar-refractivity contribution in [3.63, 3.8) is 0 Å². The zero-order valence-corrected chi connectivity index (χ0v) is 14.2. The van der Waals surface area contributed by atoms with E-state index in [-0.39, 0.29) is 6.04 Å². The molecule has 1 aliphatic rings. The van der Waals surface area contributed by atoms with Gasteiger partial charge >= 0.3 is 5.97 Å². The van der Waals surface area contributed by atoms with Crippen molar-refractivity contribution in [3.8, 4) is 0 Å². The summed E-state index contributed by atoms with van der Waals surface area (Å²) in [4.78, 5) is 15.0. The number of hydrogen-bond acceptors (Lipinski definition) is 5. The minimum atomic E-state index is -0.849. The van der Waals surface area contributed by atoms with Crippen molar-refractivity contribution in [1.29, 1.82) is 0 Å². The van der Waals surface area contributed by atoms with Crippen LogP contribution in [0.15, 0.2) is 22.6 Å². The number of furan rings is 1. The third kappa shape index (κ3) is 3.49. The molecule has 5 nitrogen and oxygen atoms in total. The highest BCUT2D eigenvalue weighted by molar-refractivity contribution is 7.14. The van der Waals surface area contributed by atoms with Crippen molar-refractivity contribution in [2.45, 2.75) is 39.0 Å². The first-order chi connectivity index (χ1) is 11.1. The van der Waals surface area contributed by atoms with Crippen LogP contribution in [0.25, 0.3) is 0 Å². The molecule has 0 radical (unpaired) electrons. The fourth-order valence-electron chi connectivity index (χ4n) is 3.13. The molecule has 0 aromatic carbocycles. The first kappa shape index (κ1) is 16.2. The number of thiophene rings is 1. The van der Waals surface area contributed by atoms with E-state index in [0.717, 1.165) is 47.9 Å². The lowest BCUT2D eigenvalue weighted by Crippen LogP contribution is -2.22. The molecule has 0 bridgehead atoms. The molecule has 0 spiro atoms. The van der Waals surface area contributed by atoms with E-state index in [4.69, 9.17) is 14.3 Å². The van der Waals surface area contributed by atoms with Gasteiger partial charge in [0.05, 0.1) is 6.04 Å². The summed E-state index contributed by atoms with van der Waals surface area (Å²) in [5.74, 6) is 0.965. The van der Waals surface area contributed by atoms with E-state index in [1.165, 1.54) is 11.3 Å². The van der Waals surface area contributed by atoms with Gasteiger partial charge in [0.2, 0.25) is 0 Å². The molecular formula is C17H21NO4S. The Morgan fingerprint density at radius 2 is 2.35 bits per heavy atom. The lowest BCUT2D eigenvalue weighted by molar-refractivity contribution is 0.0702. The van der Waals surface area contributed by atoms with Gasteiger partial charge in [-0.2, -0.15) is 0 Å². The maximum Gasteiger partial charge on any atom is 0.345 e. The zero-order chi connectivity index (χ0) is 16.4. The summed E-state index contributed by atoms with van der Waals surface area (Å²) in [6.45, 7) is 4.24. The normalized spacial score (nSPS) is 18.6. The van der Waals surface area contributed by atoms with Crippen LogP contribution in [0.4, 0.5) is 0 Å². The predicted octanol–water partition coefficient (Wildman–Crippen LogP) is 3.83. The molecule has 23 heavy (non-hydrogen) atoms. The molecule has 1 unspecified atom stereocenters. The van der Waals surface area contributed by atoms with Gasteiger partial charge in [-0.05, 0) is 50.1 Å². The maximum atomic E-state index is 11.1. The number of carboxylic acids is 1. The molecule has 3 rings (SSSR count). The van der Waals surface area contributed by atoms with Crippen molar-refractivity contribution in [3.05, 3.63) is 45.0 Å². The van der Waals surface area contributed by atoms with Crippen LogP contribution >= 0.6 is 11.3 Å². The molecule has 1 N–H and O–H groups in total. The largest absolute Gasteiger partial charge is 0.477 e. The van der Waals surface area contributed by atoms with Gasteiger partial charge in [0.15, 0.2) is 0 Å². The summed E-state index contributed by atoms with van der Waals surface area (Å²) in [6.07, 6.45) is 2.19. The summed E-state index contributed by atoms with van der Waals surface area (Å²) < 4.78 is 11.0. The molecule has 0 amide bonds. The molecule has 3 heterocycles. The second-order valence-electron chi connectivity index (χ2n) is 5.86. The predicted molar refractivity (Wildman–Crippen MR) is 87.8 cm³/mol. The van der Waals surface area contributed by atoms with E-state index in [1.54, 1.807) is 13.2 Å². The number of methoxy groups -OCH3 is 1. The van der Waals surface area contributed by atoms with E-state index in [2.05, 4.69) is 4.90 Å². The van der Waals surface area contributed by atoms with Gasteiger partial charge in [0.1, 0.15) is 23.0 Å². The molecule has 6 heteroatoms. The third-order valence-corrected chi connectivity index (χ3v) is 5.35. The molecule has 2 aromatic rings. The van der Waals surface area contributed by atoms with Crippen molar-refractivity contribution < 1.29 is 19.1 Å². The van der Waals surface area contributed by atoms with Crippen LogP contribution in [-0.2, 0) is 17.9 Å². The SMILES string of the molecule is COCc1ccc(C2CCCN2Cc2cc(C(=O)O)sc2C)o1. The lowest BCUT2D eigenvalue weighted by atomic mass is 10.1. The van der Waals surface area contributed by atoms with Gasteiger partial charge in [-0.3, -0.25) is 4.90 Å². The van der Waals surface area contributed by atoms with E-state index >= 15 is 0 Å². The Morgan fingerprint density at radius 1 is 1.52 bits per heavy atom. The molecule has 0 saturated carbocycles. The summed E-state index contributed by atoms with van der Waals surface area (Å²) in [5, 5.41) is 9.14. The van der Waals surface area contributed by atoms with E-state index < -0.39 is 5.97 Å². The second kappa shape index (κ2) is 6.86. The van der Waals surface area contributed by atoms with Crippen molar-refractivity contribution in [2.24, 2.45) is 0 Å². The van der Waals surface area contributed by atoms with Crippen LogP contribution in [-0.4, -0.2) is 29.6 Å². The second-order valence-corrected chi connectivity index (χ2v) is 7.12. The average molecular weight is 335 g/mol. The van der Waals surface area contributed by atoms with Crippen LogP contribution in [0.5, 0.6) is 0 Å². The third-order valence-electron chi connectivity index (χ3n) is 4.27. The molecule has 1 saturated heterocycles. The summed E-state index contributed by atoms with van der Waals surface area (Å²) in [7, 11) is 1.66. The molecule has 2 aromatic heterocycles. The van der Waals surface area contributed by atoms with Crippen LogP contribution in [0, 0.1) is 6.92 Å². The van der Waals surface area contributed by atoms with Gasteiger partial charge in [-0.15, -0.1) is 11.3 Å². The van der Waals surface area contributed by atoms with Crippen LogP contribution in [0.2, 0.25) is 0 Å². The van der Waals surface area contributed by atoms with Gasteiger partial charge in [-0.25, -0.2) is 4.79 Å². The average Bonchev–Trinajstić information content (AvgIpc) is 3.21. The molecule has 0 aliphatic carbocycles. The molecule has 1 atom stereocenters. The van der Waals surface area contributed by atoms with Crippen LogP contribution in [0.3, 0.4) is 0 Å². The van der Waals surface area contributed by atoms with E-state index in [0.29, 0.717) is 11.5 Å². The minimum Gasteiger partial charge on any atom is -0.477 e. The summed E-state index contributed by atoms with van der Waals surface area (Å²) in [6, 6.07) is 6.05. The zero-order valence-electron chi connectivity index (χ0n) is 13.4. The standard InChI is InChI=1S/C17H21NO4S/c1-11-12(8-16(23-11)17(19)20)9-18-7-3-4-14(18)15-6-5-13(22-15)10-21-2/h5-6,8,14H,3-4,7,9-10H2,1-2H3,(H,19,20). The molecule has 1 fully saturated rings.